The highest BCUT2D eigenvalue weighted by atomic mass is 16.2. The van der Waals surface area contributed by atoms with Crippen molar-refractivity contribution in [1.82, 2.24) is 26.2 Å². The van der Waals surface area contributed by atoms with Crippen LogP contribution in [0.3, 0.4) is 0 Å². The molecule has 2 heterocycles. The summed E-state index contributed by atoms with van der Waals surface area (Å²) in [4.78, 5) is 17.2. The maximum atomic E-state index is 12.8. The fraction of sp³-hybridized carbons (Fsp3) is 0.562. The first-order valence-corrected chi connectivity index (χ1v) is 8.11. The van der Waals surface area contributed by atoms with Gasteiger partial charge in [-0.3, -0.25) is 9.69 Å². The second-order valence-electron chi connectivity index (χ2n) is 5.95. The van der Waals surface area contributed by atoms with Gasteiger partial charge in [-0.05, 0) is 18.5 Å². The van der Waals surface area contributed by atoms with Crippen molar-refractivity contribution < 1.29 is 4.79 Å². The van der Waals surface area contributed by atoms with Crippen LogP contribution in [0, 0.1) is 0 Å². The van der Waals surface area contributed by atoms with Crippen LogP contribution in [-0.4, -0.2) is 54.5 Å². The fourth-order valence-electron chi connectivity index (χ4n) is 3.21. The van der Waals surface area contributed by atoms with E-state index < -0.39 is 0 Å². The lowest BCUT2D eigenvalue weighted by molar-refractivity contribution is -0.135. The summed E-state index contributed by atoms with van der Waals surface area (Å²) >= 11 is 0. The number of carbonyl (C=O) groups is 1. The third-order valence-corrected chi connectivity index (χ3v) is 4.44. The summed E-state index contributed by atoms with van der Waals surface area (Å²) < 4.78 is 0. The van der Waals surface area contributed by atoms with E-state index in [1.54, 1.807) is 0 Å². The van der Waals surface area contributed by atoms with E-state index in [0.29, 0.717) is 0 Å². The van der Waals surface area contributed by atoms with Crippen LogP contribution in [0.5, 0.6) is 0 Å². The summed E-state index contributed by atoms with van der Waals surface area (Å²) in [7, 11) is 0. The number of benzene rings is 1. The Balaban J connectivity index is 1.62. The molecule has 2 fully saturated rings. The number of nitrogens with zero attached hydrogens (tertiary/aromatic N) is 2. The molecule has 1 aromatic carbocycles. The molecule has 120 valence electrons. The van der Waals surface area contributed by atoms with Gasteiger partial charge in [0.1, 0.15) is 6.04 Å². The van der Waals surface area contributed by atoms with E-state index in [1.165, 1.54) is 6.42 Å². The highest BCUT2D eigenvalue weighted by Crippen LogP contribution is 2.20. The summed E-state index contributed by atoms with van der Waals surface area (Å²) in [5, 5.41) is 0. The van der Waals surface area contributed by atoms with Crippen LogP contribution in [0.25, 0.3) is 0 Å². The monoisotopic (exact) mass is 303 g/mol. The van der Waals surface area contributed by atoms with Gasteiger partial charge in [-0.25, -0.2) is 10.9 Å². The molecule has 2 aliphatic rings. The molecular formula is C16H25N5O. The van der Waals surface area contributed by atoms with Crippen LogP contribution in [-0.2, 0) is 4.79 Å². The van der Waals surface area contributed by atoms with Crippen molar-refractivity contribution in [2.75, 3.05) is 32.7 Å². The predicted octanol–water partition coefficient (Wildman–Crippen LogP) is 0.263. The zero-order chi connectivity index (χ0) is 15.4. The molecule has 3 rings (SSSR count). The van der Waals surface area contributed by atoms with Gasteiger partial charge in [-0.1, -0.05) is 37.3 Å². The van der Waals surface area contributed by atoms with Crippen LogP contribution in [0.2, 0.25) is 0 Å². The van der Waals surface area contributed by atoms with Crippen molar-refractivity contribution in [3.05, 3.63) is 35.9 Å². The number of amides is 1. The summed E-state index contributed by atoms with van der Waals surface area (Å²) in [6.45, 7) is 6.91. The molecule has 3 N–H and O–H groups in total. The Morgan fingerprint density at radius 1 is 1.14 bits per heavy atom. The van der Waals surface area contributed by atoms with E-state index >= 15 is 0 Å². The molecule has 2 saturated heterocycles. The van der Waals surface area contributed by atoms with Crippen molar-refractivity contribution in [1.29, 1.82) is 0 Å². The van der Waals surface area contributed by atoms with Gasteiger partial charge >= 0.3 is 0 Å². The second-order valence-corrected chi connectivity index (χ2v) is 5.95. The van der Waals surface area contributed by atoms with Crippen molar-refractivity contribution in [3.8, 4) is 0 Å². The first-order valence-electron chi connectivity index (χ1n) is 8.11. The SMILES string of the molecule is CCCN1CCN(C(=O)C2NNNC2c2ccccc2)CC1. The number of piperazine rings is 1. The van der Waals surface area contributed by atoms with Gasteiger partial charge in [0.15, 0.2) is 0 Å². The average molecular weight is 303 g/mol. The van der Waals surface area contributed by atoms with Crippen molar-refractivity contribution in [2.24, 2.45) is 0 Å². The lowest BCUT2D eigenvalue weighted by Gasteiger charge is -2.36. The minimum atomic E-state index is -0.264. The van der Waals surface area contributed by atoms with E-state index in [0.717, 1.165) is 38.3 Å². The van der Waals surface area contributed by atoms with Crippen molar-refractivity contribution >= 4 is 5.91 Å². The van der Waals surface area contributed by atoms with E-state index in [9.17, 15) is 4.79 Å². The number of hydrazine groups is 2. The Labute approximate surface area is 131 Å². The summed E-state index contributed by atoms with van der Waals surface area (Å²) in [5.41, 5.74) is 10.3. The maximum absolute atomic E-state index is 12.8. The fourth-order valence-corrected chi connectivity index (χ4v) is 3.21. The zero-order valence-corrected chi connectivity index (χ0v) is 13.1. The molecule has 2 unspecified atom stereocenters. The Morgan fingerprint density at radius 2 is 1.86 bits per heavy atom. The molecule has 0 saturated carbocycles. The average Bonchev–Trinajstić information content (AvgIpc) is 3.06. The molecule has 0 spiro atoms. The van der Waals surface area contributed by atoms with Gasteiger partial charge in [0, 0.05) is 26.2 Å². The number of nitrogens with one attached hydrogen (secondary N) is 3. The molecule has 2 atom stereocenters. The van der Waals surface area contributed by atoms with Crippen molar-refractivity contribution in [2.45, 2.75) is 25.4 Å². The van der Waals surface area contributed by atoms with E-state index in [2.05, 4.69) is 28.2 Å². The molecule has 2 aliphatic heterocycles. The van der Waals surface area contributed by atoms with E-state index in [1.807, 2.05) is 35.2 Å². The van der Waals surface area contributed by atoms with Crippen LogP contribution in [0.15, 0.2) is 30.3 Å². The predicted molar refractivity (Wildman–Crippen MR) is 85.7 cm³/mol. The smallest absolute Gasteiger partial charge is 0.243 e. The largest absolute Gasteiger partial charge is 0.339 e. The molecular weight excluding hydrogens is 278 g/mol. The first kappa shape index (κ1) is 15.4. The third-order valence-electron chi connectivity index (χ3n) is 4.44. The highest BCUT2D eigenvalue weighted by Gasteiger charge is 2.37. The quantitative estimate of drug-likeness (QED) is 0.745. The summed E-state index contributed by atoms with van der Waals surface area (Å²) in [6.07, 6.45) is 1.17. The van der Waals surface area contributed by atoms with Crippen LogP contribution >= 0.6 is 0 Å². The lowest BCUT2D eigenvalue weighted by Crippen LogP contribution is -2.54. The molecule has 0 bridgehead atoms. The number of rotatable bonds is 4. The third kappa shape index (κ3) is 3.30. The number of carbonyl (C=O) groups excluding carboxylic acids is 1. The molecule has 0 radical (unpaired) electrons. The highest BCUT2D eigenvalue weighted by molar-refractivity contribution is 5.83. The van der Waals surface area contributed by atoms with Gasteiger partial charge in [0.25, 0.3) is 0 Å². The van der Waals surface area contributed by atoms with Gasteiger partial charge in [0.05, 0.1) is 6.04 Å². The van der Waals surface area contributed by atoms with Gasteiger partial charge in [0.2, 0.25) is 5.91 Å². The molecule has 6 nitrogen and oxygen atoms in total. The van der Waals surface area contributed by atoms with Crippen molar-refractivity contribution in [3.63, 3.8) is 0 Å². The van der Waals surface area contributed by atoms with E-state index in [-0.39, 0.29) is 18.0 Å². The summed E-state index contributed by atoms with van der Waals surface area (Å²) in [5.74, 6) is 0.169. The van der Waals surface area contributed by atoms with Gasteiger partial charge in [-0.15, -0.1) is 0 Å². The van der Waals surface area contributed by atoms with Crippen LogP contribution in [0.4, 0.5) is 0 Å². The maximum Gasteiger partial charge on any atom is 0.243 e. The first-order chi connectivity index (χ1) is 10.8. The molecule has 0 aromatic heterocycles. The normalized spacial score (nSPS) is 26.3. The van der Waals surface area contributed by atoms with Gasteiger partial charge < -0.3 is 4.90 Å². The molecule has 1 aromatic rings. The van der Waals surface area contributed by atoms with Gasteiger partial charge in [-0.2, -0.15) is 5.53 Å². The Kier molecular flexibility index (Phi) is 5.04. The number of hydrogen-bond donors (Lipinski definition) is 3. The molecule has 0 aliphatic carbocycles. The zero-order valence-electron chi connectivity index (χ0n) is 13.1. The topological polar surface area (TPSA) is 59.6 Å². The van der Waals surface area contributed by atoms with Crippen LogP contribution < -0.4 is 16.4 Å². The number of hydrogen-bond acceptors (Lipinski definition) is 5. The summed E-state index contributed by atoms with van der Waals surface area (Å²) in [6, 6.07) is 9.78. The Hall–Kier alpha value is -1.47. The lowest BCUT2D eigenvalue weighted by atomic mass is 9.99. The molecule has 6 heteroatoms. The Morgan fingerprint density at radius 3 is 2.55 bits per heavy atom. The second kappa shape index (κ2) is 7.19. The minimum Gasteiger partial charge on any atom is -0.339 e. The molecule has 22 heavy (non-hydrogen) atoms. The molecule has 1 amide bonds. The van der Waals surface area contributed by atoms with Crippen LogP contribution in [0.1, 0.15) is 24.9 Å². The minimum absolute atomic E-state index is 0.0395. The standard InChI is InChI=1S/C16H25N5O/c1-2-8-20-9-11-21(12-10-20)16(22)15-14(17-19-18-15)13-6-4-3-5-7-13/h3-7,14-15,17-19H,2,8-12H2,1H3. The van der Waals surface area contributed by atoms with E-state index in [4.69, 9.17) is 0 Å². The Bertz CT molecular complexity index is 487.